The van der Waals surface area contributed by atoms with E-state index in [1.165, 1.54) is 29.2 Å². The molecule has 5 atom stereocenters. The van der Waals surface area contributed by atoms with Gasteiger partial charge in [-0.3, -0.25) is 19.3 Å². The third-order valence-electron chi connectivity index (χ3n) is 12.3. The van der Waals surface area contributed by atoms with E-state index in [0.29, 0.717) is 18.7 Å². The number of carbonyl (C=O) groups is 5. The van der Waals surface area contributed by atoms with E-state index in [1.807, 2.05) is 26.0 Å². The van der Waals surface area contributed by atoms with E-state index in [9.17, 15) is 37.4 Å². The van der Waals surface area contributed by atoms with Crippen LogP contribution in [0.4, 0.5) is 9.59 Å². The van der Waals surface area contributed by atoms with Crippen molar-refractivity contribution in [3.63, 3.8) is 0 Å². The number of carbonyl (C=O) groups excluding carboxylic acids is 5. The first-order chi connectivity index (χ1) is 28.2. The highest BCUT2D eigenvalue weighted by molar-refractivity contribution is 7.90. The van der Waals surface area contributed by atoms with Crippen LogP contribution >= 0.6 is 0 Å². The van der Waals surface area contributed by atoms with Crippen LogP contribution in [0.2, 0.25) is 0 Å². The number of cyclic esters (lactones) is 1. The molecule has 4 N–H and O–H groups in total. The molecule has 2 fully saturated rings. The molecule has 4 heterocycles. The number of hydrogen-bond donors (Lipinski definition) is 4. The molecule has 5 aliphatic rings. The first-order valence-corrected chi connectivity index (χ1v) is 21.9. The van der Waals surface area contributed by atoms with Crippen molar-refractivity contribution < 1.29 is 51.5 Å². The Bertz CT molecular complexity index is 2210. The van der Waals surface area contributed by atoms with Gasteiger partial charge in [0.2, 0.25) is 11.8 Å². The van der Waals surface area contributed by atoms with Crippen LogP contribution in [0.1, 0.15) is 89.0 Å². The predicted octanol–water partition coefficient (Wildman–Crippen LogP) is 2.79. The average molecular weight is 848 g/mol. The summed E-state index contributed by atoms with van der Waals surface area (Å²) >= 11 is 0. The Kier molecular flexibility index (Phi) is 11.6. The first-order valence-electron chi connectivity index (χ1n) is 20.4. The number of rotatable bonds is 6. The standard InChI is InChI=1S/C42H54BN5O11S/c1-7-28-19-42(28,37(51)46-60(55,56)30-15-14-27-23-58-43(54)32(27)18-30)45-35(49)33-17-29-21-48(33)36(50)34(40(2,3)4)44-38(52)57-24-41(5,6)16-9-8-11-25-12-10-13-26-20-47(22-31(25)26)39(53)59-29/h7,10,12-15,18,28-29,33-34,54H,1,8-9,11,16-17,19-24H2,2-6H3,(H,44,52)(H,45,49)(H,46,51)/t28-,29-,33+,34-,42-/m1/s1. The molecule has 0 unspecified atom stereocenters. The third-order valence-corrected chi connectivity index (χ3v) is 13.7. The molecule has 1 saturated heterocycles. The van der Waals surface area contributed by atoms with Gasteiger partial charge in [0.05, 0.1) is 24.7 Å². The molecule has 0 spiro atoms. The molecule has 1 aliphatic carbocycles. The van der Waals surface area contributed by atoms with Crippen molar-refractivity contribution in [1.82, 2.24) is 25.2 Å². The summed E-state index contributed by atoms with van der Waals surface area (Å²) in [6.45, 7) is 13.8. The van der Waals surface area contributed by atoms with Gasteiger partial charge in [0.15, 0.2) is 0 Å². The minimum absolute atomic E-state index is 0.0191. The van der Waals surface area contributed by atoms with Gasteiger partial charge >= 0.3 is 19.3 Å². The zero-order valence-corrected chi connectivity index (χ0v) is 35.6. The normalized spacial score (nSPS) is 27.0. The minimum atomic E-state index is -4.50. The number of alkyl carbamates (subject to hydrolysis) is 1. The number of sulfonamides is 1. The fraction of sp³-hybridized carbons (Fsp3) is 0.548. The van der Waals surface area contributed by atoms with Gasteiger partial charge < -0.3 is 34.7 Å². The highest BCUT2D eigenvalue weighted by Gasteiger charge is 2.62. The lowest BCUT2D eigenvalue weighted by Gasteiger charge is -2.35. The molecule has 60 heavy (non-hydrogen) atoms. The molecule has 2 aromatic rings. The van der Waals surface area contributed by atoms with Crippen LogP contribution in [0, 0.1) is 16.7 Å². The van der Waals surface area contributed by atoms with Crippen LogP contribution in [-0.4, -0.2) is 97.1 Å². The van der Waals surface area contributed by atoms with Gasteiger partial charge in [0.25, 0.3) is 15.9 Å². The SMILES string of the molecule is C=C[C@@H]1C[C@]1(NC(=O)[C@@H]1C[C@@H]2CN1C(=O)[C@H](C(C)(C)C)NC(=O)OCC(C)(C)CCCCc1cccc3c1CN(C3)C(=O)O2)C(=O)NS(=O)(=O)c1ccc2c(c1)B(O)OC2. The molecule has 16 nitrogen and oxygen atoms in total. The Morgan fingerprint density at radius 1 is 1.07 bits per heavy atom. The lowest BCUT2D eigenvalue weighted by atomic mass is 9.80. The summed E-state index contributed by atoms with van der Waals surface area (Å²) in [5.74, 6) is -3.10. The van der Waals surface area contributed by atoms with E-state index in [0.717, 1.165) is 42.4 Å². The largest absolute Gasteiger partial charge is 0.491 e. The van der Waals surface area contributed by atoms with E-state index in [2.05, 4.69) is 28.0 Å². The monoisotopic (exact) mass is 847 g/mol. The lowest BCUT2D eigenvalue weighted by molar-refractivity contribution is -0.143. The summed E-state index contributed by atoms with van der Waals surface area (Å²) in [5, 5.41) is 15.6. The molecule has 0 aromatic heterocycles. The fourth-order valence-corrected chi connectivity index (χ4v) is 9.72. The molecule has 322 valence electrons. The van der Waals surface area contributed by atoms with Crippen LogP contribution in [0.15, 0.2) is 53.9 Å². The smallest absolute Gasteiger partial charge is 0.449 e. The second-order valence-corrected chi connectivity index (χ2v) is 20.2. The van der Waals surface area contributed by atoms with Crippen LogP contribution in [0.3, 0.4) is 0 Å². The van der Waals surface area contributed by atoms with Gasteiger partial charge in [-0.15, -0.1) is 6.58 Å². The van der Waals surface area contributed by atoms with Crippen LogP contribution < -0.4 is 20.8 Å². The molecule has 4 aliphatic heterocycles. The summed E-state index contributed by atoms with van der Waals surface area (Å²) in [5.41, 5.74) is 1.14. The summed E-state index contributed by atoms with van der Waals surface area (Å²) in [4.78, 5) is 72.7. The van der Waals surface area contributed by atoms with E-state index in [1.54, 1.807) is 25.7 Å². The summed E-state index contributed by atoms with van der Waals surface area (Å²) in [6.07, 6.45) is 2.35. The fourth-order valence-electron chi connectivity index (χ4n) is 8.64. The molecule has 2 aromatic carbocycles. The minimum Gasteiger partial charge on any atom is -0.449 e. The topological polar surface area (TPSA) is 210 Å². The van der Waals surface area contributed by atoms with Gasteiger partial charge in [-0.05, 0) is 76.4 Å². The van der Waals surface area contributed by atoms with Gasteiger partial charge in [-0.1, -0.05) is 71.4 Å². The number of aryl methyl sites for hydroxylation is 1. The molecule has 0 radical (unpaired) electrons. The van der Waals surface area contributed by atoms with Gasteiger partial charge in [-0.2, -0.15) is 0 Å². The Balaban J connectivity index is 1.15. The highest BCUT2D eigenvalue weighted by Crippen LogP contribution is 2.45. The van der Waals surface area contributed by atoms with Crippen molar-refractivity contribution in [1.29, 1.82) is 0 Å². The maximum absolute atomic E-state index is 14.6. The van der Waals surface area contributed by atoms with E-state index in [4.69, 9.17) is 14.1 Å². The molecular formula is C42H54BN5O11S. The number of ether oxygens (including phenoxy) is 2. The molecule has 18 heteroatoms. The summed E-state index contributed by atoms with van der Waals surface area (Å²) < 4.78 is 45.9. The maximum atomic E-state index is 14.6. The van der Waals surface area contributed by atoms with Crippen LogP contribution in [0.25, 0.3) is 0 Å². The van der Waals surface area contributed by atoms with Crippen molar-refractivity contribution in [3.8, 4) is 0 Å². The van der Waals surface area contributed by atoms with E-state index < -0.39 is 82.1 Å². The number of nitrogens with zero attached hydrogens (tertiary/aromatic N) is 2. The Labute approximate surface area is 350 Å². The summed E-state index contributed by atoms with van der Waals surface area (Å²) in [6, 6.07) is 7.56. The van der Waals surface area contributed by atoms with Crippen molar-refractivity contribution in [3.05, 3.63) is 71.3 Å². The first kappa shape index (κ1) is 43.2. The van der Waals surface area contributed by atoms with E-state index in [-0.39, 0.29) is 48.4 Å². The third kappa shape index (κ3) is 8.77. The van der Waals surface area contributed by atoms with Crippen LogP contribution in [0.5, 0.6) is 0 Å². The number of nitrogens with one attached hydrogen (secondary N) is 3. The van der Waals surface area contributed by atoms with Crippen molar-refractivity contribution in [2.45, 2.75) is 121 Å². The molecule has 1 saturated carbocycles. The number of amides is 5. The highest BCUT2D eigenvalue weighted by atomic mass is 32.2. The Morgan fingerprint density at radius 2 is 1.82 bits per heavy atom. The predicted molar refractivity (Wildman–Crippen MR) is 218 cm³/mol. The molecule has 7 rings (SSSR count). The van der Waals surface area contributed by atoms with Gasteiger partial charge in [-0.25, -0.2) is 22.7 Å². The molecule has 5 amide bonds. The number of benzene rings is 2. The lowest BCUT2D eigenvalue weighted by Crippen LogP contribution is -2.60. The number of hydrogen-bond acceptors (Lipinski definition) is 11. The van der Waals surface area contributed by atoms with Crippen molar-refractivity contribution >= 4 is 52.5 Å². The van der Waals surface area contributed by atoms with Gasteiger partial charge in [0, 0.05) is 25.4 Å². The Morgan fingerprint density at radius 3 is 2.53 bits per heavy atom. The summed E-state index contributed by atoms with van der Waals surface area (Å²) in [7, 11) is -5.81. The molecule has 4 bridgehead atoms. The van der Waals surface area contributed by atoms with Crippen molar-refractivity contribution in [2.24, 2.45) is 16.7 Å². The van der Waals surface area contributed by atoms with Crippen LogP contribution in [-0.2, 0) is 64.7 Å². The number of fused-ring (bicyclic) bond motifs is 4. The molecular weight excluding hydrogens is 793 g/mol. The van der Waals surface area contributed by atoms with E-state index >= 15 is 0 Å². The van der Waals surface area contributed by atoms with Crippen molar-refractivity contribution in [2.75, 3.05) is 13.2 Å². The zero-order chi connectivity index (χ0) is 43.4. The quantitative estimate of drug-likeness (QED) is 0.246. The van der Waals surface area contributed by atoms with Gasteiger partial charge in [0.1, 0.15) is 23.7 Å². The second-order valence-electron chi connectivity index (χ2n) is 18.5. The Hall–Kier alpha value is -4.94. The second kappa shape index (κ2) is 16.2. The average Bonchev–Trinajstić information content (AvgIpc) is 3.47. The zero-order valence-electron chi connectivity index (χ0n) is 34.7. The maximum Gasteiger partial charge on any atom is 0.491 e.